The molecule has 1 heterocycles. The smallest absolute Gasteiger partial charge is 0.134 e. The molecule has 4 heteroatoms. The second kappa shape index (κ2) is 9.56. The molecule has 0 amide bonds. The largest absolute Gasteiger partial charge is 0.370 e. The van der Waals surface area contributed by atoms with Crippen LogP contribution in [0.3, 0.4) is 0 Å². The molecule has 1 N–H and O–H groups in total. The Morgan fingerprint density at radius 1 is 1.05 bits per heavy atom. The van der Waals surface area contributed by atoms with E-state index >= 15 is 0 Å². The van der Waals surface area contributed by atoms with E-state index in [4.69, 9.17) is 0 Å². The van der Waals surface area contributed by atoms with Crippen molar-refractivity contribution < 1.29 is 0 Å². The van der Waals surface area contributed by atoms with Crippen molar-refractivity contribution >= 4 is 11.6 Å². The fourth-order valence-electron chi connectivity index (χ4n) is 2.07. The molecule has 0 atom stereocenters. The zero-order chi connectivity index (χ0) is 14.8. The molecule has 0 radical (unpaired) electrons. The van der Waals surface area contributed by atoms with E-state index in [0.717, 1.165) is 49.8 Å². The monoisotopic (exact) mass is 278 g/mol. The molecule has 0 unspecified atom stereocenters. The number of unbranched alkanes of at least 4 members (excludes halogenated alkanes) is 2. The molecule has 4 nitrogen and oxygen atoms in total. The third-order valence-electron chi connectivity index (χ3n) is 3.28. The van der Waals surface area contributed by atoms with Gasteiger partial charge in [-0.25, -0.2) is 9.97 Å². The summed E-state index contributed by atoms with van der Waals surface area (Å²) in [5.41, 5.74) is 0. The number of anilines is 2. The fourth-order valence-corrected chi connectivity index (χ4v) is 2.07. The van der Waals surface area contributed by atoms with Crippen molar-refractivity contribution in [1.82, 2.24) is 9.97 Å². The quantitative estimate of drug-likeness (QED) is 0.659. The van der Waals surface area contributed by atoms with Crippen LogP contribution in [0.25, 0.3) is 0 Å². The van der Waals surface area contributed by atoms with Crippen LogP contribution in [-0.4, -0.2) is 30.1 Å². The minimum absolute atomic E-state index is 0.942. The summed E-state index contributed by atoms with van der Waals surface area (Å²) < 4.78 is 0. The van der Waals surface area contributed by atoms with Gasteiger partial charge < -0.3 is 10.2 Å². The molecule has 0 bridgehead atoms. The normalized spacial score (nSPS) is 10.6. The van der Waals surface area contributed by atoms with Crippen molar-refractivity contribution in [1.29, 1.82) is 0 Å². The lowest BCUT2D eigenvalue weighted by atomic mass is 10.2. The Kier molecular flexibility index (Phi) is 8.00. The summed E-state index contributed by atoms with van der Waals surface area (Å²) in [6.45, 7) is 8.58. The highest BCUT2D eigenvalue weighted by molar-refractivity contribution is 5.49. The van der Waals surface area contributed by atoms with Crippen LogP contribution < -0.4 is 10.2 Å². The minimum Gasteiger partial charge on any atom is -0.370 e. The standard InChI is InChI=1S/C16H30N4/c1-5-8-9-12-20(4)16-13-15(17-11-7-3)18-14(19-16)10-6-2/h13H,5-12H2,1-4H3,(H,17,18,19). The number of hydrogen-bond donors (Lipinski definition) is 1. The summed E-state index contributed by atoms with van der Waals surface area (Å²) in [5.74, 6) is 2.95. The third kappa shape index (κ3) is 5.76. The molecule has 0 aliphatic carbocycles. The lowest BCUT2D eigenvalue weighted by Crippen LogP contribution is -2.21. The van der Waals surface area contributed by atoms with Crippen molar-refractivity contribution in [3.63, 3.8) is 0 Å². The van der Waals surface area contributed by atoms with Gasteiger partial charge in [0.1, 0.15) is 17.5 Å². The van der Waals surface area contributed by atoms with Crippen LogP contribution in [0.4, 0.5) is 11.6 Å². The molecule has 20 heavy (non-hydrogen) atoms. The summed E-state index contributed by atoms with van der Waals surface area (Å²) in [6, 6.07) is 2.07. The van der Waals surface area contributed by atoms with Gasteiger partial charge in [-0.2, -0.15) is 0 Å². The Morgan fingerprint density at radius 2 is 1.85 bits per heavy atom. The fraction of sp³-hybridized carbons (Fsp3) is 0.750. The van der Waals surface area contributed by atoms with Crippen molar-refractivity contribution in [2.24, 2.45) is 0 Å². The van der Waals surface area contributed by atoms with E-state index in [2.05, 4.69) is 54.1 Å². The van der Waals surface area contributed by atoms with E-state index in [1.807, 2.05) is 0 Å². The highest BCUT2D eigenvalue weighted by Gasteiger charge is 2.08. The highest BCUT2D eigenvalue weighted by atomic mass is 15.2. The molecule has 0 aliphatic rings. The van der Waals surface area contributed by atoms with E-state index in [1.165, 1.54) is 19.3 Å². The van der Waals surface area contributed by atoms with Gasteiger partial charge in [0, 0.05) is 32.6 Å². The molecule has 1 rings (SSSR count). The van der Waals surface area contributed by atoms with Gasteiger partial charge in [-0.3, -0.25) is 0 Å². The first-order valence-corrected chi connectivity index (χ1v) is 8.04. The first-order chi connectivity index (χ1) is 9.71. The average molecular weight is 278 g/mol. The first-order valence-electron chi connectivity index (χ1n) is 8.04. The molecule has 0 saturated heterocycles. The molecule has 0 spiro atoms. The van der Waals surface area contributed by atoms with Gasteiger partial charge in [0.2, 0.25) is 0 Å². The number of nitrogens with one attached hydrogen (secondary N) is 1. The first kappa shape index (κ1) is 16.7. The maximum Gasteiger partial charge on any atom is 0.134 e. The number of aryl methyl sites for hydroxylation is 1. The highest BCUT2D eigenvalue weighted by Crippen LogP contribution is 2.16. The number of hydrogen-bond acceptors (Lipinski definition) is 4. The van der Waals surface area contributed by atoms with E-state index in [-0.39, 0.29) is 0 Å². The number of aromatic nitrogens is 2. The second-order valence-corrected chi connectivity index (χ2v) is 5.33. The Labute approximate surface area is 124 Å². The number of nitrogens with zero attached hydrogens (tertiary/aromatic N) is 3. The van der Waals surface area contributed by atoms with Crippen LogP contribution in [0.2, 0.25) is 0 Å². The van der Waals surface area contributed by atoms with E-state index in [9.17, 15) is 0 Å². The van der Waals surface area contributed by atoms with Crippen LogP contribution in [0.1, 0.15) is 58.7 Å². The van der Waals surface area contributed by atoms with Crippen molar-refractivity contribution in [2.45, 2.75) is 59.3 Å². The van der Waals surface area contributed by atoms with Crippen LogP contribution in [-0.2, 0) is 6.42 Å². The predicted octanol–water partition coefficient (Wildman–Crippen LogP) is 3.88. The molecular formula is C16H30N4. The summed E-state index contributed by atoms with van der Waals surface area (Å²) in [7, 11) is 2.12. The minimum atomic E-state index is 0.942. The Morgan fingerprint density at radius 3 is 2.50 bits per heavy atom. The van der Waals surface area contributed by atoms with E-state index in [1.54, 1.807) is 0 Å². The van der Waals surface area contributed by atoms with E-state index in [0.29, 0.717) is 0 Å². The van der Waals surface area contributed by atoms with Gasteiger partial charge >= 0.3 is 0 Å². The topological polar surface area (TPSA) is 41.0 Å². The molecule has 114 valence electrons. The van der Waals surface area contributed by atoms with Gasteiger partial charge in [-0.15, -0.1) is 0 Å². The van der Waals surface area contributed by atoms with Gasteiger partial charge in [-0.1, -0.05) is 33.6 Å². The van der Waals surface area contributed by atoms with Crippen LogP contribution >= 0.6 is 0 Å². The second-order valence-electron chi connectivity index (χ2n) is 5.33. The lowest BCUT2D eigenvalue weighted by Gasteiger charge is -2.19. The van der Waals surface area contributed by atoms with Crippen LogP contribution in [0.15, 0.2) is 6.07 Å². The molecule has 1 aromatic rings. The van der Waals surface area contributed by atoms with Gasteiger partial charge in [0.15, 0.2) is 0 Å². The molecular weight excluding hydrogens is 248 g/mol. The summed E-state index contributed by atoms with van der Waals surface area (Å²) >= 11 is 0. The maximum absolute atomic E-state index is 4.68. The summed E-state index contributed by atoms with van der Waals surface area (Å²) in [6.07, 6.45) is 6.88. The zero-order valence-corrected chi connectivity index (χ0v) is 13.6. The Bertz CT molecular complexity index is 379. The SMILES string of the molecule is CCCCCN(C)c1cc(NCCC)nc(CCC)n1. The molecule has 1 aromatic heterocycles. The van der Waals surface area contributed by atoms with Gasteiger partial charge in [0.25, 0.3) is 0 Å². The summed E-state index contributed by atoms with van der Waals surface area (Å²) in [4.78, 5) is 11.5. The number of rotatable bonds is 10. The Balaban J connectivity index is 2.78. The Hall–Kier alpha value is -1.32. The van der Waals surface area contributed by atoms with Gasteiger partial charge in [0.05, 0.1) is 0 Å². The molecule has 0 aliphatic heterocycles. The maximum atomic E-state index is 4.68. The average Bonchev–Trinajstić information content (AvgIpc) is 2.45. The predicted molar refractivity (Wildman–Crippen MR) is 87.6 cm³/mol. The third-order valence-corrected chi connectivity index (χ3v) is 3.28. The van der Waals surface area contributed by atoms with E-state index < -0.39 is 0 Å². The van der Waals surface area contributed by atoms with Crippen molar-refractivity contribution in [3.8, 4) is 0 Å². The molecule has 0 fully saturated rings. The molecule has 0 saturated carbocycles. The lowest BCUT2D eigenvalue weighted by molar-refractivity contribution is 0.698. The zero-order valence-electron chi connectivity index (χ0n) is 13.6. The van der Waals surface area contributed by atoms with Crippen molar-refractivity contribution in [2.75, 3.05) is 30.4 Å². The molecule has 0 aromatic carbocycles. The van der Waals surface area contributed by atoms with Gasteiger partial charge in [-0.05, 0) is 19.3 Å². The van der Waals surface area contributed by atoms with Crippen LogP contribution in [0, 0.1) is 0 Å². The van der Waals surface area contributed by atoms with Crippen LogP contribution in [0.5, 0.6) is 0 Å². The summed E-state index contributed by atoms with van der Waals surface area (Å²) in [5, 5.41) is 3.38. The van der Waals surface area contributed by atoms with Crippen molar-refractivity contribution in [3.05, 3.63) is 11.9 Å².